The third kappa shape index (κ3) is 0.825. The van der Waals surface area contributed by atoms with E-state index in [-0.39, 0.29) is 0 Å². The van der Waals surface area contributed by atoms with E-state index in [2.05, 4.69) is 16.8 Å². The Morgan fingerprint density at radius 1 is 1.20 bits per heavy atom. The van der Waals surface area contributed by atoms with Gasteiger partial charge in [0.05, 0.1) is 0 Å². The highest BCUT2D eigenvalue weighted by Crippen LogP contribution is 2.25. The normalized spacial score (nSPS) is 10.5. The van der Waals surface area contributed by atoms with Crippen molar-refractivity contribution in [1.82, 2.24) is 0 Å². The lowest BCUT2D eigenvalue weighted by molar-refractivity contribution is 1.84. The summed E-state index contributed by atoms with van der Waals surface area (Å²) in [5, 5.41) is 7.41. The number of hydrogen-bond acceptors (Lipinski definition) is 1. The summed E-state index contributed by atoms with van der Waals surface area (Å²) in [5.41, 5.74) is 0. The molecule has 10 heavy (non-hydrogen) atoms. The summed E-state index contributed by atoms with van der Waals surface area (Å²) in [5.74, 6) is 0. The molecule has 0 saturated heterocycles. The number of fused-ring (bicyclic) bond motifs is 1. The Bertz CT molecular complexity index is 351. The Balaban J connectivity index is 2.95. The van der Waals surface area contributed by atoms with Crippen molar-refractivity contribution in [3.8, 4) is 0 Å². The summed E-state index contributed by atoms with van der Waals surface area (Å²) >= 11 is 7.59. The van der Waals surface area contributed by atoms with Crippen LogP contribution in [0.15, 0.2) is 29.0 Å². The van der Waals surface area contributed by atoms with E-state index in [4.69, 9.17) is 11.6 Å². The fraction of sp³-hybridized carbons (Fsp3) is 0. The molecule has 0 aliphatic rings. The molecule has 2 heteroatoms. The zero-order chi connectivity index (χ0) is 6.97. The van der Waals surface area contributed by atoms with E-state index in [1.54, 1.807) is 11.3 Å². The van der Waals surface area contributed by atoms with Gasteiger partial charge in [0.25, 0.3) is 0 Å². The smallest absolute Gasteiger partial charge is 0.0492 e. The van der Waals surface area contributed by atoms with Gasteiger partial charge in [0.2, 0.25) is 0 Å². The maximum atomic E-state index is 5.91. The first-order valence-corrected chi connectivity index (χ1v) is 4.30. The monoisotopic (exact) mass is 168 g/mol. The van der Waals surface area contributed by atoms with Crippen LogP contribution >= 0.6 is 22.9 Å². The average molecular weight is 169 g/mol. The summed E-state index contributed by atoms with van der Waals surface area (Å²) in [6.45, 7) is 0. The SMILES string of the molecule is Clc1cccc2cscc12. The van der Waals surface area contributed by atoms with Crippen LogP contribution in [0.4, 0.5) is 0 Å². The zero-order valence-electron chi connectivity index (χ0n) is 5.17. The summed E-state index contributed by atoms with van der Waals surface area (Å²) in [6.07, 6.45) is 0. The van der Waals surface area contributed by atoms with E-state index in [1.807, 2.05) is 12.1 Å². The molecule has 0 saturated carbocycles. The van der Waals surface area contributed by atoms with Crippen molar-refractivity contribution in [2.45, 2.75) is 0 Å². The molecule has 0 N–H and O–H groups in total. The Hall–Kier alpha value is -0.530. The van der Waals surface area contributed by atoms with Crippen LogP contribution in [0.25, 0.3) is 10.8 Å². The summed E-state index contributed by atoms with van der Waals surface area (Å²) < 4.78 is 0. The molecule has 0 nitrogen and oxygen atoms in total. The summed E-state index contributed by atoms with van der Waals surface area (Å²) in [6, 6.07) is 5.95. The molecule has 0 aliphatic carbocycles. The predicted octanol–water partition coefficient (Wildman–Crippen LogP) is 3.55. The number of thiophene rings is 1. The van der Waals surface area contributed by atoms with Gasteiger partial charge in [-0.05, 0) is 16.8 Å². The lowest BCUT2D eigenvalue weighted by Gasteiger charge is -1.89. The minimum Gasteiger partial charge on any atom is -0.151 e. The van der Waals surface area contributed by atoms with Gasteiger partial charge in [-0.15, -0.1) is 0 Å². The van der Waals surface area contributed by atoms with Crippen LogP contribution in [-0.2, 0) is 0 Å². The van der Waals surface area contributed by atoms with Crippen LogP contribution in [0, 0.1) is 0 Å². The molecule has 0 amide bonds. The first-order valence-electron chi connectivity index (χ1n) is 2.98. The topological polar surface area (TPSA) is 0 Å². The average Bonchev–Trinajstić information content (AvgIpc) is 2.36. The van der Waals surface area contributed by atoms with Gasteiger partial charge in [-0.2, -0.15) is 11.3 Å². The van der Waals surface area contributed by atoms with Crippen molar-refractivity contribution in [2.24, 2.45) is 0 Å². The highest BCUT2D eigenvalue weighted by molar-refractivity contribution is 7.09. The molecule has 1 aromatic heterocycles. The van der Waals surface area contributed by atoms with Gasteiger partial charge in [0.15, 0.2) is 0 Å². The van der Waals surface area contributed by atoms with Crippen molar-refractivity contribution < 1.29 is 0 Å². The first-order chi connectivity index (χ1) is 4.88. The predicted molar refractivity (Wildman–Crippen MR) is 46.8 cm³/mol. The largest absolute Gasteiger partial charge is 0.151 e. The van der Waals surface area contributed by atoms with E-state index in [0.29, 0.717) is 0 Å². The second-order valence-electron chi connectivity index (χ2n) is 2.11. The van der Waals surface area contributed by atoms with Crippen molar-refractivity contribution in [3.63, 3.8) is 0 Å². The van der Waals surface area contributed by atoms with Crippen LogP contribution in [0.2, 0.25) is 5.02 Å². The van der Waals surface area contributed by atoms with Gasteiger partial charge in [-0.3, -0.25) is 0 Å². The molecule has 50 valence electrons. The molecule has 1 aromatic carbocycles. The molecule has 2 aromatic rings. The van der Waals surface area contributed by atoms with Crippen molar-refractivity contribution in [2.75, 3.05) is 0 Å². The molecule has 0 fully saturated rings. The fourth-order valence-electron chi connectivity index (χ4n) is 0.956. The molecule has 2 rings (SSSR count). The standard InChI is InChI=1S/C8H5ClS/c9-8-3-1-2-6-4-10-5-7(6)8/h1-5H. The summed E-state index contributed by atoms with van der Waals surface area (Å²) in [7, 11) is 0. The first kappa shape index (κ1) is 6.20. The Labute approximate surface area is 68.1 Å². The molecule has 0 atom stereocenters. The lowest BCUT2D eigenvalue weighted by atomic mass is 10.2. The van der Waals surface area contributed by atoms with E-state index >= 15 is 0 Å². The Morgan fingerprint density at radius 2 is 2.10 bits per heavy atom. The second-order valence-corrected chi connectivity index (χ2v) is 3.27. The highest BCUT2D eigenvalue weighted by Gasteiger charge is 1.96. The number of benzene rings is 1. The van der Waals surface area contributed by atoms with Crippen molar-refractivity contribution in [1.29, 1.82) is 0 Å². The molecule has 1 heterocycles. The van der Waals surface area contributed by atoms with Crippen LogP contribution in [0.1, 0.15) is 0 Å². The fourth-order valence-corrected chi connectivity index (χ4v) is 2.08. The quantitative estimate of drug-likeness (QED) is 0.565. The highest BCUT2D eigenvalue weighted by atomic mass is 35.5. The van der Waals surface area contributed by atoms with Crippen LogP contribution in [0.3, 0.4) is 0 Å². The van der Waals surface area contributed by atoms with Gasteiger partial charge in [-0.25, -0.2) is 0 Å². The minimum absolute atomic E-state index is 0.846. The Kier molecular flexibility index (Phi) is 1.40. The van der Waals surface area contributed by atoms with Crippen LogP contribution in [0.5, 0.6) is 0 Å². The molecule has 0 aliphatic heterocycles. The third-order valence-electron chi connectivity index (χ3n) is 1.47. The Morgan fingerprint density at radius 3 is 2.90 bits per heavy atom. The van der Waals surface area contributed by atoms with Crippen molar-refractivity contribution in [3.05, 3.63) is 34.0 Å². The van der Waals surface area contributed by atoms with E-state index in [1.165, 1.54) is 5.39 Å². The van der Waals surface area contributed by atoms with E-state index in [9.17, 15) is 0 Å². The molecule has 0 bridgehead atoms. The summed E-state index contributed by atoms with van der Waals surface area (Å²) in [4.78, 5) is 0. The molecule has 0 radical (unpaired) electrons. The van der Waals surface area contributed by atoms with Gasteiger partial charge in [0.1, 0.15) is 0 Å². The van der Waals surface area contributed by atoms with Crippen LogP contribution in [-0.4, -0.2) is 0 Å². The van der Waals surface area contributed by atoms with Crippen molar-refractivity contribution >= 4 is 33.7 Å². The second kappa shape index (κ2) is 2.26. The van der Waals surface area contributed by atoms with Gasteiger partial charge < -0.3 is 0 Å². The van der Waals surface area contributed by atoms with E-state index in [0.717, 1.165) is 10.4 Å². The van der Waals surface area contributed by atoms with E-state index < -0.39 is 0 Å². The number of hydrogen-bond donors (Lipinski definition) is 0. The third-order valence-corrected chi connectivity index (χ3v) is 2.56. The molecule has 0 spiro atoms. The van der Waals surface area contributed by atoms with Crippen LogP contribution < -0.4 is 0 Å². The zero-order valence-corrected chi connectivity index (χ0v) is 6.75. The number of halogens is 1. The minimum atomic E-state index is 0.846. The van der Waals surface area contributed by atoms with Gasteiger partial charge in [-0.1, -0.05) is 23.7 Å². The number of rotatable bonds is 0. The maximum absolute atomic E-state index is 5.91. The van der Waals surface area contributed by atoms with Gasteiger partial charge >= 0.3 is 0 Å². The maximum Gasteiger partial charge on any atom is 0.0492 e. The van der Waals surface area contributed by atoms with Gasteiger partial charge in [0, 0.05) is 15.8 Å². The molecule has 0 unspecified atom stereocenters. The lowest BCUT2D eigenvalue weighted by Crippen LogP contribution is -1.63. The molecular formula is C8H5ClS. The molecular weight excluding hydrogens is 164 g/mol.